The molecule has 0 aromatic heterocycles. The van der Waals surface area contributed by atoms with Crippen molar-refractivity contribution < 1.29 is 0 Å². The Bertz CT molecular complexity index is 210. The third-order valence-electron chi connectivity index (χ3n) is 1.21. The number of thioether (sulfide) groups is 1. The van der Waals surface area contributed by atoms with Crippen LogP contribution in [-0.2, 0) is 0 Å². The third kappa shape index (κ3) is 2.24. The summed E-state index contributed by atoms with van der Waals surface area (Å²) >= 11 is 7.21. The molecule has 0 heterocycles. The number of hydrogen-bond donors (Lipinski definition) is 0. The van der Waals surface area contributed by atoms with Crippen LogP contribution in [0.5, 0.6) is 0 Å². The highest BCUT2D eigenvalue weighted by molar-refractivity contribution is 8.00. The summed E-state index contributed by atoms with van der Waals surface area (Å²) in [7, 11) is 0. The van der Waals surface area contributed by atoms with E-state index in [0.717, 1.165) is 0 Å². The Hall–Kier alpha value is -0.140. The van der Waals surface area contributed by atoms with E-state index < -0.39 is 0 Å². The van der Waals surface area contributed by atoms with Crippen LogP contribution in [0.3, 0.4) is 0 Å². The molecule has 0 saturated heterocycles. The Kier molecular flexibility index (Phi) is 3.10. The highest BCUT2D eigenvalue weighted by Gasteiger charge is 1.90. The van der Waals surface area contributed by atoms with Crippen molar-refractivity contribution in [2.75, 3.05) is 5.21 Å². The van der Waals surface area contributed by atoms with Gasteiger partial charge in [0.2, 0.25) is 0 Å². The Morgan fingerprint density at radius 1 is 1.50 bits per heavy atom. The smallest absolute Gasteiger partial charge is 0.0727 e. The number of benzene rings is 1. The average molecular weight is 173 g/mol. The van der Waals surface area contributed by atoms with Crippen molar-refractivity contribution in [3.63, 3.8) is 0 Å². The first-order valence-electron chi connectivity index (χ1n) is 3.08. The van der Waals surface area contributed by atoms with Gasteiger partial charge < -0.3 is 0 Å². The van der Waals surface area contributed by atoms with Crippen LogP contribution in [-0.4, -0.2) is 5.21 Å². The van der Waals surface area contributed by atoms with Crippen molar-refractivity contribution in [1.29, 1.82) is 0 Å². The van der Waals surface area contributed by atoms with Gasteiger partial charge in [-0.15, -0.1) is 23.4 Å². The van der Waals surface area contributed by atoms with E-state index in [2.05, 4.69) is 25.1 Å². The molecule has 1 rings (SSSR count). The predicted molar refractivity (Wildman–Crippen MR) is 47.8 cm³/mol. The molecule has 0 fully saturated rings. The second-order valence-electron chi connectivity index (χ2n) is 2.07. The monoisotopic (exact) mass is 172 g/mol. The lowest BCUT2D eigenvalue weighted by Crippen LogP contribution is -1.73. The van der Waals surface area contributed by atoms with Crippen molar-refractivity contribution in [3.8, 4) is 0 Å². The second-order valence-corrected chi connectivity index (χ2v) is 3.70. The van der Waals surface area contributed by atoms with Gasteiger partial charge in [-0.1, -0.05) is 17.7 Å². The van der Waals surface area contributed by atoms with Crippen LogP contribution in [0.4, 0.5) is 0 Å². The largest absolute Gasteiger partial charge is 0.114 e. The summed E-state index contributed by atoms with van der Waals surface area (Å²) in [6.07, 6.45) is 0. The molecule has 1 aromatic carbocycles. The molecule has 0 aliphatic carbocycles. The lowest BCUT2D eigenvalue weighted by Gasteiger charge is -1.96. The summed E-state index contributed by atoms with van der Waals surface area (Å²) in [4.78, 5) is 1.25. The maximum absolute atomic E-state index is 5.55. The van der Waals surface area contributed by atoms with E-state index in [-0.39, 0.29) is 0 Å². The predicted octanol–water partition coefficient (Wildman–Crippen LogP) is 3.28. The summed E-state index contributed by atoms with van der Waals surface area (Å²) in [5.41, 5.74) is 1.29. The van der Waals surface area contributed by atoms with Crippen LogP contribution in [0.15, 0.2) is 29.2 Å². The van der Waals surface area contributed by atoms with Gasteiger partial charge in [0.1, 0.15) is 0 Å². The minimum absolute atomic E-state index is 0.628. The van der Waals surface area contributed by atoms with Crippen LogP contribution < -0.4 is 0 Å². The summed E-state index contributed by atoms with van der Waals surface area (Å²) in [6, 6.07) is 8.33. The van der Waals surface area contributed by atoms with E-state index in [1.165, 1.54) is 10.5 Å². The average Bonchev–Trinajstić information content (AvgIpc) is 1.88. The fraction of sp³-hybridized carbons (Fsp3) is 0.250. The first kappa shape index (κ1) is 7.96. The molecule has 0 N–H and O–H groups in total. The molecule has 0 saturated carbocycles. The molecule has 0 aliphatic heterocycles. The molecule has 54 valence electrons. The van der Waals surface area contributed by atoms with Crippen LogP contribution >= 0.6 is 23.4 Å². The molecule has 0 radical (unpaired) electrons. The van der Waals surface area contributed by atoms with E-state index in [4.69, 9.17) is 11.6 Å². The minimum Gasteiger partial charge on any atom is -0.114 e. The van der Waals surface area contributed by atoms with Gasteiger partial charge in [0, 0.05) is 4.90 Å². The van der Waals surface area contributed by atoms with Crippen molar-refractivity contribution in [1.82, 2.24) is 0 Å². The Balaban J connectivity index is 2.75. The van der Waals surface area contributed by atoms with Crippen molar-refractivity contribution in [3.05, 3.63) is 29.8 Å². The molecular weight excluding hydrogens is 164 g/mol. The zero-order valence-electron chi connectivity index (χ0n) is 5.80. The fourth-order valence-corrected chi connectivity index (χ4v) is 1.72. The van der Waals surface area contributed by atoms with Gasteiger partial charge in [-0.25, -0.2) is 0 Å². The molecule has 0 bridgehead atoms. The number of halogens is 1. The Morgan fingerprint density at radius 2 is 2.30 bits per heavy atom. The lowest BCUT2D eigenvalue weighted by atomic mass is 10.2. The summed E-state index contributed by atoms with van der Waals surface area (Å²) in [6.45, 7) is 2.08. The third-order valence-corrected chi connectivity index (χ3v) is 2.23. The number of aryl methyl sites for hydroxylation is 1. The zero-order valence-corrected chi connectivity index (χ0v) is 7.38. The van der Waals surface area contributed by atoms with Gasteiger partial charge in [-0.05, 0) is 19.1 Å². The van der Waals surface area contributed by atoms with Crippen molar-refractivity contribution >= 4 is 23.4 Å². The van der Waals surface area contributed by atoms with Crippen LogP contribution in [0.2, 0.25) is 0 Å². The summed E-state index contributed by atoms with van der Waals surface area (Å²) in [5.74, 6) is 0. The molecule has 0 aliphatic rings. The number of hydrogen-bond acceptors (Lipinski definition) is 1. The SMILES string of the molecule is Cc1cccc(SCCl)c1. The molecule has 0 unspecified atom stereocenters. The van der Waals surface area contributed by atoms with Crippen LogP contribution in [0.1, 0.15) is 5.56 Å². The molecule has 2 heteroatoms. The van der Waals surface area contributed by atoms with Gasteiger partial charge >= 0.3 is 0 Å². The van der Waals surface area contributed by atoms with Crippen LogP contribution in [0, 0.1) is 6.92 Å². The van der Waals surface area contributed by atoms with E-state index in [1.807, 2.05) is 6.07 Å². The quantitative estimate of drug-likeness (QED) is 0.488. The highest BCUT2D eigenvalue weighted by atomic mass is 35.5. The molecule has 0 atom stereocenters. The highest BCUT2D eigenvalue weighted by Crippen LogP contribution is 2.19. The van der Waals surface area contributed by atoms with Crippen molar-refractivity contribution in [2.45, 2.75) is 11.8 Å². The lowest BCUT2D eigenvalue weighted by molar-refractivity contribution is 1.36. The number of alkyl halides is 1. The first-order chi connectivity index (χ1) is 4.83. The maximum atomic E-state index is 5.55. The fourth-order valence-electron chi connectivity index (χ4n) is 0.768. The second kappa shape index (κ2) is 3.89. The Morgan fingerprint density at radius 3 is 2.90 bits per heavy atom. The molecule has 10 heavy (non-hydrogen) atoms. The Labute approximate surface area is 70.6 Å². The standard InChI is InChI=1S/C8H9ClS/c1-7-3-2-4-8(5-7)10-6-9/h2-5H,6H2,1H3. The summed E-state index contributed by atoms with van der Waals surface area (Å²) in [5, 5.41) is 0.628. The maximum Gasteiger partial charge on any atom is 0.0727 e. The van der Waals surface area contributed by atoms with Crippen LogP contribution in [0.25, 0.3) is 0 Å². The molecule has 0 nitrogen and oxygen atoms in total. The molecule has 0 amide bonds. The van der Waals surface area contributed by atoms with E-state index in [0.29, 0.717) is 5.21 Å². The van der Waals surface area contributed by atoms with E-state index in [9.17, 15) is 0 Å². The van der Waals surface area contributed by atoms with Crippen molar-refractivity contribution in [2.24, 2.45) is 0 Å². The van der Waals surface area contributed by atoms with Gasteiger partial charge in [0.15, 0.2) is 0 Å². The molecule has 0 spiro atoms. The van der Waals surface area contributed by atoms with Gasteiger partial charge in [0.05, 0.1) is 5.21 Å². The normalized spacial score (nSPS) is 9.80. The molecular formula is C8H9ClS. The van der Waals surface area contributed by atoms with Gasteiger partial charge in [-0.2, -0.15) is 0 Å². The molecule has 1 aromatic rings. The van der Waals surface area contributed by atoms with Gasteiger partial charge in [-0.3, -0.25) is 0 Å². The van der Waals surface area contributed by atoms with E-state index in [1.54, 1.807) is 11.8 Å². The summed E-state index contributed by atoms with van der Waals surface area (Å²) < 4.78 is 0. The topological polar surface area (TPSA) is 0 Å². The zero-order chi connectivity index (χ0) is 7.40. The first-order valence-corrected chi connectivity index (χ1v) is 4.60. The number of rotatable bonds is 2. The van der Waals surface area contributed by atoms with E-state index >= 15 is 0 Å². The minimum atomic E-state index is 0.628. The van der Waals surface area contributed by atoms with Gasteiger partial charge in [0.25, 0.3) is 0 Å².